The first-order valence-corrected chi connectivity index (χ1v) is 6.76. The van der Waals surface area contributed by atoms with Gasteiger partial charge in [0.2, 0.25) is 5.91 Å². The van der Waals surface area contributed by atoms with Gasteiger partial charge in [-0.15, -0.1) is 0 Å². The van der Waals surface area contributed by atoms with Gasteiger partial charge in [-0.25, -0.2) is 0 Å². The summed E-state index contributed by atoms with van der Waals surface area (Å²) in [4.78, 5) is 14.8. The molecule has 1 atom stereocenters. The van der Waals surface area contributed by atoms with Gasteiger partial charge >= 0.3 is 0 Å². The van der Waals surface area contributed by atoms with Crippen LogP contribution in [0.15, 0.2) is 0 Å². The maximum absolute atomic E-state index is 12.4. The second kappa shape index (κ2) is 5.78. The Morgan fingerprint density at radius 2 is 2.18 bits per heavy atom. The lowest BCUT2D eigenvalue weighted by atomic mass is 10.0. The van der Waals surface area contributed by atoms with Gasteiger partial charge in [0, 0.05) is 25.6 Å². The van der Waals surface area contributed by atoms with E-state index >= 15 is 0 Å². The molecule has 2 rings (SSSR count). The quantitative estimate of drug-likeness (QED) is 0.748. The molecular weight excluding hydrogens is 236 g/mol. The standard InChI is InChI=1S/C12H20N2O2S/c13-11(17)5-6-14(10-3-4-10)12(15)9-2-1-7-16-8-9/h9-10H,1-8H2,(H2,13,17). The number of hydrogen-bond donors (Lipinski definition) is 1. The molecule has 0 aromatic rings. The number of thiocarbonyl (C=S) groups is 1. The Balaban J connectivity index is 1.89. The van der Waals surface area contributed by atoms with Crippen molar-refractivity contribution in [3.8, 4) is 0 Å². The van der Waals surface area contributed by atoms with E-state index < -0.39 is 0 Å². The molecule has 1 heterocycles. The van der Waals surface area contributed by atoms with Crippen LogP contribution < -0.4 is 5.73 Å². The van der Waals surface area contributed by atoms with Crippen molar-refractivity contribution in [2.75, 3.05) is 19.8 Å². The molecule has 0 aromatic carbocycles. The van der Waals surface area contributed by atoms with E-state index in [4.69, 9.17) is 22.7 Å². The Labute approximate surface area is 107 Å². The first-order chi connectivity index (χ1) is 8.18. The Kier molecular flexibility index (Phi) is 4.34. The summed E-state index contributed by atoms with van der Waals surface area (Å²) in [7, 11) is 0. The number of hydrogen-bond acceptors (Lipinski definition) is 3. The molecule has 5 heteroatoms. The summed E-state index contributed by atoms with van der Waals surface area (Å²) in [6.45, 7) is 2.05. The molecule has 1 amide bonds. The zero-order valence-electron chi connectivity index (χ0n) is 10.1. The SMILES string of the molecule is NC(=S)CCN(C(=O)C1CCCOC1)C1CC1. The number of carbonyl (C=O) groups excluding carboxylic acids is 1. The van der Waals surface area contributed by atoms with Crippen LogP contribution in [0.25, 0.3) is 0 Å². The van der Waals surface area contributed by atoms with Crippen molar-refractivity contribution < 1.29 is 9.53 Å². The van der Waals surface area contributed by atoms with E-state index in [0.717, 1.165) is 32.3 Å². The predicted molar refractivity (Wildman–Crippen MR) is 69.7 cm³/mol. The second-order valence-electron chi connectivity index (χ2n) is 4.89. The van der Waals surface area contributed by atoms with Gasteiger partial charge in [-0.2, -0.15) is 0 Å². The van der Waals surface area contributed by atoms with Crippen molar-refractivity contribution in [2.45, 2.75) is 38.1 Å². The number of amides is 1. The van der Waals surface area contributed by atoms with E-state index in [1.807, 2.05) is 4.90 Å². The maximum Gasteiger partial charge on any atom is 0.228 e. The minimum Gasteiger partial charge on any atom is -0.393 e. The third-order valence-corrected chi connectivity index (χ3v) is 3.58. The highest BCUT2D eigenvalue weighted by Gasteiger charge is 2.36. The average molecular weight is 256 g/mol. The fraction of sp³-hybridized carbons (Fsp3) is 0.833. The van der Waals surface area contributed by atoms with E-state index in [-0.39, 0.29) is 11.8 Å². The zero-order chi connectivity index (χ0) is 12.3. The number of ether oxygens (including phenoxy) is 1. The van der Waals surface area contributed by atoms with E-state index in [0.29, 0.717) is 30.6 Å². The largest absolute Gasteiger partial charge is 0.393 e. The Bertz CT molecular complexity index is 299. The summed E-state index contributed by atoms with van der Waals surface area (Å²) in [5, 5.41) is 0. The molecule has 0 aromatic heterocycles. The molecule has 2 N–H and O–H groups in total. The van der Waals surface area contributed by atoms with Crippen LogP contribution in [0.2, 0.25) is 0 Å². The van der Waals surface area contributed by atoms with Gasteiger partial charge < -0.3 is 15.4 Å². The summed E-state index contributed by atoms with van der Waals surface area (Å²) in [6.07, 6.45) is 4.82. The summed E-state index contributed by atoms with van der Waals surface area (Å²) in [5.74, 6) is 0.291. The van der Waals surface area contributed by atoms with Crippen LogP contribution in [0.3, 0.4) is 0 Å². The molecule has 96 valence electrons. The van der Waals surface area contributed by atoms with Crippen LogP contribution >= 0.6 is 12.2 Å². The van der Waals surface area contributed by atoms with E-state index in [1.54, 1.807) is 0 Å². The van der Waals surface area contributed by atoms with Crippen molar-refractivity contribution in [3.63, 3.8) is 0 Å². The molecule has 1 aliphatic heterocycles. The van der Waals surface area contributed by atoms with Crippen molar-refractivity contribution in [1.82, 2.24) is 4.90 Å². The zero-order valence-corrected chi connectivity index (χ0v) is 10.9. The smallest absolute Gasteiger partial charge is 0.228 e. The molecule has 1 aliphatic carbocycles. The van der Waals surface area contributed by atoms with Gasteiger partial charge in [0.15, 0.2) is 0 Å². The molecular formula is C12H20N2O2S. The van der Waals surface area contributed by atoms with Crippen LogP contribution in [0, 0.1) is 5.92 Å². The summed E-state index contributed by atoms with van der Waals surface area (Å²) in [5.41, 5.74) is 5.51. The predicted octanol–water partition coefficient (Wildman–Crippen LogP) is 1.08. The van der Waals surface area contributed by atoms with Gasteiger partial charge in [-0.05, 0) is 25.7 Å². The Morgan fingerprint density at radius 1 is 1.41 bits per heavy atom. The van der Waals surface area contributed by atoms with Crippen molar-refractivity contribution >= 4 is 23.1 Å². The summed E-state index contributed by atoms with van der Waals surface area (Å²) in [6, 6.07) is 0.429. The molecule has 1 saturated carbocycles. The van der Waals surface area contributed by atoms with Gasteiger partial charge in [0.1, 0.15) is 0 Å². The van der Waals surface area contributed by atoms with Crippen molar-refractivity contribution in [1.29, 1.82) is 0 Å². The number of nitrogens with zero attached hydrogens (tertiary/aromatic N) is 1. The van der Waals surface area contributed by atoms with E-state index in [1.165, 1.54) is 0 Å². The van der Waals surface area contributed by atoms with Gasteiger partial charge in [0.25, 0.3) is 0 Å². The van der Waals surface area contributed by atoms with Crippen LogP contribution in [-0.2, 0) is 9.53 Å². The minimum atomic E-state index is 0.0516. The fourth-order valence-corrected chi connectivity index (χ4v) is 2.35. The summed E-state index contributed by atoms with van der Waals surface area (Å²) >= 11 is 4.88. The van der Waals surface area contributed by atoms with Crippen molar-refractivity contribution in [2.24, 2.45) is 11.7 Å². The molecule has 2 fully saturated rings. The lowest BCUT2D eigenvalue weighted by Gasteiger charge is -2.29. The molecule has 2 aliphatic rings. The second-order valence-corrected chi connectivity index (χ2v) is 5.42. The number of rotatable bonds is 5. The monoisotopic (exact) mass is 256 g/mol. The molecule has 1 unspecified atom stereocenters. The Hall–Kier alpha value is -0.680. The molecule has 0 bridgehead atoms. The van der Waals surface area contributed by atoms with Crippen LogP contribution in [0.5, 0.6) is 0 Å². The van der Waals surface area contributed by atoms with Crippen LogP contribution in [-0.4, -0.2) is 41.6 Å². The number of nitrogens with two attached hydrogens (primary N) is 1. The first kappa shape index (κ1) is 12.8. The Morgan fingerprint density at radius 3 is 2.71 bits per heavy atom. The number of carbonyl (C=O) groups is 1. The highest BCUT2D eigenvalue weighted by Crippen LogP contribution is 2.29. The highest BCUT2D eigenvalue weighted by atomic mass is 32.1. The van der Waals surface area contributed by atoms with E-state index in [9.17, 15) is 4.79 Å². The fourth-order valence-electron chi connectivity index (χ4n) is 2.26. The molecule has 0 spiro atoms. The van der Waals surface area contributed by atoms with Gasteiger partial charge in [0.05, 0.1) is 17.5 Å². The third kappa shape index (κ3) is 3.64. The van der Waals surface area contributed by atoms with Gasteiger partial charge in [-0.3, -0.25) is 4.79 Å². The van der Waals surface area contributed by atoms with E-state index in [2.05, 4.69) is 0 Å². The molecule has 0 radical (unpaired) electrons. The average Bonchev–Trinajstić information content (AvgIpc) is 3.14. The minimum absolute atomic E-state index is 0.0516. The lowest BCUT2D eigenvalue weighted by molar-refractivity contribution is -0.140. The van der Waals surface area contributed by atoms with Crippen molar-refractivity contribution in [3.05, 3.63) is 0 Å². The highest BCUT2D eigenvalue weighted by molar-refractivity contribution is 7.80. The van der Waals surface area contributed by atoms with Crippen LogP contribution in [0.4, 0.5) is 0 Å². The topological polar surface area (TPSA) is 55.6 Å². The third-order valence-electron chi connectivity index (χ3n) is 3.38. The lowest BCUT2D eigenvalue weighted by Crippen LogP contribution is -2.42. The molecule has 4 nitrogen and oxygen atoms in total. The maximum atomic E-state index is 12.4. The summed E-state index contributed by atoms with van der Waals surface area (Å²) < 4.78 is 5.38. The molecule has 17 heavy (non-hydrogen) atoms. The normalized spacial score (nSPS) is 24.4. The van der Waals surface area contributed by atoms with Crippen LogP contribution in [0.1, 0.15) is 32.1 Å². The first-order valence-electron chi connectivity index (χ1n) is 6.35. The van der Waals surface area contributed by atoms with Gasteiger partial charge in [-0.1, -0.05) is 12.2 Å². The molecule has 1 saturated heterocycles.